The first-order valence-corrected chi connectivity index (χ1v) is 10.1. The van der Waals surface area contributed by atoms with Crippen molar-refractivity contribution >= 4 is 5.91 Å². The van der Waals surface area contributed by atoms with E-state index in [9.17, 15) is 4.79 Å². The fourth-order valence-corrected chi connectivity index (χ4v) is 3.56. The van der Waals surface area contributed by atoms with Crippen LogP contribution >= 0.6 is 0 Å². The molecule has 1 aliphatic heterocycles. The summed E-state index contributed by atoms with van der Waals surface area (Å²) >= 11 is 0. The standard InChI is InChI=1S/C23H30N2O4/c1-4-20(18-8-9-21(27-2)22(15-18)28-3)24-23(26)19-7-5-6-17(14-19)16-25-10-12-29-13-11-25/h5-9,14-15,20H,4,10-13,16H2,1-3H3,(H,24,26). The van der Waals surface area contributed by atoms with Gasteiger partial charge < -0.3 is 19.5 Å². The van der Waals surface area contributed by atoms with Gasteiger partial charge in [-0.25, -0.2) is 0 Å². The molecule has 2 aromatic carbocycles. The van der Waals surface area contributed by atoms with Crippen LogP contribution in [0.5, 0.6) is 11.5 Å². The lowest BCUT2D eigenvalue weighted by molar-refractivity contribution is 0.0342. The van der Waals surface area contributed by atoms with Crippen LogP contribution < -0.4 is 14.8 Å². The average Bonchev–Trinajstić information content (AvgIpc) is 2.77. The van der Waals surface area contributed by atoms with Crippen LogP contribution in [0.15, 0.2) is 42.5 Å². The van der Waals surface area contributed by atoms with Crippen molar-refractivity contribution in [1.82, 2.24) is 10.2 Å². The van der Waals surface area contributed by atoms with Crippen molar-refractivity contribution < 1.29 is 19.0 Å². The number of nitrogens with one attached hydrogen (secondary N) is 1. The molecule has 6 heteroatoms. The molecule has 0 aliphatic carbocycles. The van der Waals surface area contributed by atoms with Crippen LogP contribution in [0.3, 0.4) is 0 Å². The molecule has 0 spiro atoms. The normalized spacial score (nSPS) is 15.6. The fourth-order valence-electron chi connectivity index (χ4n) is 3.56. The Kier molecular flexibility index (Phi) is 7.49. The van der Waals surface area contributed by atoms with E-state index in [0.29, 0.717) is 17.1 Å². The molecule has 1 atom stereocenters. The van der Waals surface area contributed by atoms with Crippen LogP contribution in [-0.4, -0.2) is 51.3 Å². The predicted molar refractivity (Wildman–Crippen MR) is 113 cm³/mol. The molecule has 1 aliphatic rings. The van der Waals surface area contributed by atoms with E-state index in [4.69, 9.17) is 14.2 Å². The number of carbonyl (C=O) groups is 1. The van der Waals surface area contributed by atoms with Crippen molar-refractivity contribution in [2.75, 3.05) is 40.5 Å². The van der Waals surface area contributed by atoms with Crippen molar-refractivity contribution in [3.05, 3.63) is 59.2 Å². The highest BCUT2D eigenvalue weighted by Crippen LogP contribution is 2.31. The molecule has 156 valence electrons. The van der Waals surface area contributed by atoms with Gasteiger partial charge in [-0.3, -0.25) is 9.69 Å². The largest absolute Gasteiger partial charge is 0.493 e. The molecule has 0 bridgehead atoms. The van der Waals surface area contributed by atoms with Gasteiger partial charge in [0.2, 0.25) is 0 Å². The van der Waals surface area contributed by atoms with Crippen molar-refractivity contribution in [3.63, 3.8) is 0 Å². The first-order valence-electron chi connectivity index (χ1n) is 10.1. The summed E-state index contributed by atoms with van der Waals surface area (Å²) in [5, 5.41) is 3.15. The maximum atomic E-state index is 12.9. The molecule has 0 aromatic heterocycles. The van der Waals surface area contributed by atoms with Crippen molar-refractivity contribution in [3.8, 4) is 11.5 Å². The molecule has 1 fully saturated rings. The van der Waals surface area contributed by atoms with Crippen molar-refractivity contribution in [1.29, 1.82) is 0 Å². The number of rotatable bonds is 8. The monoisotopic (exact) mass is 398 g/mol. The predicted octanol–water partition coefficient (Wildman–Crippen LogP) is 3.42. The molecule has 1 N–H and O–H groups in total. The Balaban J connectivity index is 1.70. The number of methoxy groups -OCH3 is 2. The Hall–Kier alpha value is -2.57. The lowest BCUT2D eigenvalue weighted by atomic mass is 10.0. The van der Waals surface area contributed by atoms with E-state index in [-0.39, 0.29) is 11.9 Å². The number of amides is 1. The minimum absolute atomic E-state index is 0.0736. The number of carbonyl (C=O) groups excluding carboxylic acids is 1. The zero-order chi connectivity index (χ0) is 20.6. The summed E-state index contributed by atoms with van der Waals surface area (Å²) in [6.45, 7) is 6.27. The molecule has 1 saturated heterocycles. The van der Waals surface area contributed by atoms with Crippen LogP contribution in [-0.2, 0) is 11.3 Å². The van der Waals surface area contributed by atoms with E-state index in [1.54, 1.807) is 14.2 Å². The number of hydrogen-bond donors (Lipinski definition) is 1. The molecule has 3 rings (SSSR count). The minimum atomic E-state index is -0.106. The van der Waals surface area contributed by atoms with Crippen molar-refractivity contribution in [2.45, 2.75) is 25.9 Å². The average molecular weight is 399 g/mol. The van der Waals surface area contributed by atoms with Crippen LogP contribution in [0.4, 0.5) is 0 Å². The highest BCUT2D eigenvalue weighted by molar-refractivity contribution is 5.94. The Bertz CT molecular complexity index is 818. The quantitative estimate of drug-likeness (QED) is 0.738. The number of nitrogens with zero attached hydrogens (tertiary/aromatic N) is 1. The zero-order valence-electron chi connectivity index (χ0n) is 17.4. The highest BCUT2D eigenvalue weighted by Gasteiger charge is 2.17. The molecule has 1 amide bonds. The third kappa shape index (κ3) is 5.49. The summed E-state index contributed by atoms with van der Waals surface area (Å²) in [6, 6.07) is 13.5. The molecular formula is C23H30N2O4. The highest BCUT2D eigenvalue weighted by atomic mass is 16.5. The van der Waals surface area contributed by atoms with E-state index in [0.717, 1.165) is 50.4 Å². The summed E-state index contributed by atoms with van der Waals surface area (Å²) in [5.41, 5.74) is 2.80. The van der Waals surface area contributed by atoms with Gasteiger partial charge in [-0.15, -0.1) is 0 Å². The molecule has 0 radical (unpaired) electrons. The Labute approximate surface area is 172 Å². The van der Waals surface area contributed by atoms with Gasteiger partial charge in [0.05, 0.1) is 33.5 Å². The van der Waals surface area contributed by atoms with Gasteiger partial charge in [0.15, 0.2) is 11.5 Å². The number of hydrogen-bond acceptors (Lipinski definition) is 5. The van der Waals surface area contributed by atoms with Gasteiger partial charge in [0, 0.05) is 25.2 Å². The van der Waals surface area contributed by atoms with E-state index in [1.165, 1.54) is 0 Å². The fraction of sp³-hybridized carbons (Fsp3) is 0.435. The van der Waals surface area contributed by atoms with Crippen LogP contribution in [0, 0.1) is 0 Å². The second-order valence-corrected chi connectivity index (χ2v) is 7.14. The minimum Gasteiger partial charge on any atom is -0.493 e. The van der Waals surface area contributed by atoms with Gasteiger partial charge in [-0.05, 0) is 41.8 Å². The third-order valence-electron chi connectivity index (χ3n) is 5.22. The summed E-state index contributed by atoms with van der Waals surface area (Å²) < 4.78 is 16.1. The summed E-state index contributed by atoms with van der Waals surface area (Å²) in [6.07, 6.45) is 0.773. The lowest BCUT2D eigenvalue weighted by Crippen LogP contribution is -2.35. The Morgan fingerprint density at radius 1 is 1.10 bits per heavy atom. The molecule has 1 unspecified atom stereocenters. The van der Waals surface area contributed by atoms with Crippen LogP contribution in [0.25, 0.3) is 0 Å². The third-order valence-corrected chi connectivity index (χ3v) is 5.22. The number of benzene rings is 2. The van der Waals surface area contributed by atoms with Gasteiger partial charge in [-0.2, -0.15) is 0 Å². The Morgan fingerprint density at radius 3 is 2.55 bits per heavy atom. The van der Waals surface area contributed by atoms with E-state index in [2.05, 4.69) is 23.2 Å². The van der Waals surface area contributed by atoms with Crippen LogP contribution in [0.2, 0.25) is 0 Å². The van der Waals surface area contributed by atoms with Gasteiger partial charge in [-0.1, -0.05) is 25.1 Å². The number of morpholine rings is 1. The molecule has 2 aromatic rings. The molecule has 0 saturated carbocycles. The van der Waals surface area contributed by atoms with Crippen LogP contribution in [0.1, 0.15) is 40.9 Å². The summed E-state index contributed by atoms with van der Waals surface area (Å²) in [7, 11) is 3.22. The topological polar surface area (TPSA) is 60.0 Å². The summed E-state index contributed by atoms with van der Waals surface area (Å²) in [5.74, 6) is 1.26. The SMILES string of the molecule is CCC(NC(=O)c1cccc(CN2CCOCC2)c1)c1ccc(OC)c(OC)c1. The maximum absolute atomic E-state index is 12.9. The summed E-state index contributed by atoms with van der Waals surface area (Å²) in [4.78, 5) is 15.3. The Morgan fingerprint density at radius 2 is 1.86 bits per heavy atom. The van der Waals surface area contributed by atoms with E-state index < -0.39 is 0 Å². The van der Waals surface area contributed by atoms with Gasteiger partial charge >= 0.3 is 0 Å². The zero-order valence-corrected chi connectivity index (χ0v) is 17.4. The molecular weight excluding hydrogens is 368 g/mol. The van der Waals surface area contributed by atoms with E-state index in [1.807, 2.05) is 36.4 Å². The second-order valence-electron chi connectivity index (χ2n) is 7.14. The molecule has 6 nitrogen and oxygen atoms in total. The van der Waals surface area contributed by atoms with Gasteiger partial charge in [0.25, 0.3) is 5.91 Å². The van der Waals surface area contributed by atoms with Gasteiger partial charge in [0.1, 0.15) is 0 Å². The molecule has 1 heterocycles. The second kappa shape index (κ2) is 10.3. The lowest BCUT2D eigenvalue weighted by Gasteiger charge is -2.26. The smallest absolute Gasteiger partial charge is 0.251 e. The molecule has 29 heavy (non-hydrogen) atoms. The van der Waals surface area contributed by atoms with Crippen molar-refractivity contribution in [2.24, 2.45) is 0 Å². The first kappa shape index (κ1) is 21.1. The maximum Gasteiger partial charge on any atom is 0.251 e. The first-order chi connectivity index (χ1) is 14.1. The van der Waals surface area contributed by atoms with E-state index >= 15 is 0 Å². The number of ether oxygens (including phenoxy) is 3.